The van der Waals surface area contributed by atoms with Crippen LogP contribution in [0.25, 0.3) is 0 Å². The van der Waals surface area contributed by atoms with Crippen LogP contribution in [0.4, 0.5) is 0 Å². The van der Waals surface area contributed by atoms with E-state index in [4.69, 9.17) is 25.7 Å². The lowest BCUT2D eigenvalue weighted by Crippen LogP contribution is -2.44. The van der Waals surface area contributed by atoms with Gasteiger partial charge in [0, 0.05) is 18.1 Å². The zero-order chi connectivity index (χ0) is 22.0. The number of rotatable bonds is 6. The maximum absolute atomic E-state index is 11.7. The lowest BCUT2D eigenvalue weighted by Gasteiger charge is -2.23. The number of fused-ring (bicyclic) bond motifs is 1. The highest BCUT2D eigenvalue weighted by Gasteiger charge is 2.25. The van der Waals surface area contributed by atoms with E-state index in [1.807, 2.05) is 0 Å². The van der Waals surface area contributed by atoms with Gasteiger partial charge in [-0.25, -0.2) is 0 Å². The molecule has 0 fully saturated rings. The fourth-order valence-electron chi connectivity index (χ4n) is 3.06. The fraction of sp³-hybridized carbons (Fsp3) is 0.238. The van der Waals surface area contributed by atoms with E-state index in [2.05, 4.69) is 15.3 Å². The Kier molecular flexibility index (Phi) is 5.44. The van der Waals surface area contributed by atoms with Gasteiger partial charge in [0.05, 0.1) is 0 Å². The predicted octanol–water partition coefficient (Wildman–Crippen LogP) is 1.07. The molecule has 0 bridgehead atoms. The van der Waals surface area contributed by atoms with Gasteiger partial charge in [-0.3, -0.25) is 19.6 Å². The number of nitrogens with two attached hydrogens (primary N) is 2. The number of nitrogens with one attached hydrogen (secondary N) is 1. The van der Waals surface area contributed by atoms with Gasteiger partial charge in [0.2, 0.25) is 18.6 Å². The Morgan fingerprint density at radius 1 is 1.13 bits per heavy atom. The normalized spacial score (nSPS) is 19.3. The van der Waals surface area contributed by atoms with Gasteiger partial charge in [0.15, 0.2) is 11.5 Å². The van der Waals surface area contributed by atoms with E-state index in [9.17, 15) is 9.59 Å². The lowest BCUT2D eigenvalue weighted by atomic mass is 10.1. The van der Waals surface area contributed by atoms with E-state index < -0.39 is 23.9 Å². The number of aliphatic imine (C=N–C) groups is 2. The molecule has 31 heavy (non-hydrogen) atoms. The average Bonchev–Trinajstić information content (AvgIpc) is 3.22. The van der Waals surface area contributed by atoms with Crippen LogP contribution >= 0.6 is 0 Å². The van der Waals surface area contributed by atoms with Crippen LogP contribution in [0.5, 0.6) is 23.0 Å². The van der Waals surface area contributed by atoms with Crippen LogP contribution in [-0.4, -0.2) is 42.4 Å². The van der Waals surface area contributed by atoms with Gasteiger partial charge in [0.25, 0.3) is 0 Å². The molecule has 0 radical (unpaired) electrons. The number of primary amides is 2. The van der Waals surface area contributed by atoms with Crippen LogP contribution in [0.2, 0.25) is 0 Å². The highest BCUT2D eigenvalue weighted by molar-refractivity contribution is 6.13. The molecule has 10 nitrogen and oxygen atoms in total. The lowest BCUT2D eigenvalue weighted by molar-refractivity contribution is -0.119. The maximum atomic E-state index is 11.7. The molecule has 2 aromatic carbocycles. The Labute approximate surface area is 177 Å². The first-order valence-corrected chi connectivity index (χ1v) is 9.57. The van der Waals surface area contributed by atoms with Gasteiger partial charge in [-0.1, -0.05) is 0 Å². The first kappa shape index (κ1) is 20.2. The van der Waals surface area contributed by atoms with Gasteiger partial charge in [0.1, 0.15) is 35.3 Å². The maximum Gasteiger partial charge on any atom is 0.242 e. The minimum Gasteiger partial charge on any atom is -0.457 e. The molecule has 4 rings (SSSR count). The van der Waals surface area contributed by atoms with Gasteiger partial charge in [-0.05, 0) is 43.3 Å². The molecule has 0 saturated heterocycles. The van der Waals surface area contributed by atoms with Crippen molar-refractivity contribution < 1.29 is 23.8 Å². The monoisotopic (exact) mass is 423 g/mol. The van der Waals surface area contributed by atoms with E-state index >= 15 is 0 Å². The highest BCUT2D eigenvalue weighted by atomic mass is 16.7. The SMILES string of the molecule is C[C@H](N=C1CC(C(N)=O)N=C(c2ccc(Oc3ccc4c(c3)OCO4)cc2)N1)C(N)=O. The van der Waals surface area contributed by atoms with Gasteiger partial charge >= 0.3 is 0 Å². The van der Waals surface area contributed by atoms with Gasteiger partial charge in [-0.15, -0.1) is 0 Å². The van der Waals surface area contributed by atoms with Crippen molar-refractivity contribution in [3.05, 3.63) is 48.0 Å². The summed E-state index contributed by atoms with van der Waals surface area (Å²) in [6.45, 7) is 1.77. The predicted molar refractivity (Wildman–Crippen MR) is 112 cm³/mol. The Morgan fingerprint density at radius 2 is 1.84 bits per heavy atom. The van der Waals surface area contributed by atoms with Crippen LogP contribution in [-0.2, 0) is 9.59 Å². The number of amidine groups is 2. The van der Waals surface area contributed by atoms with Crippen molar-refractivity contribution in [2.75, 3.05) is 6.79 Å². The molecule has 160 valence electrons. The Bertz CT molecular complexity index is 1080. The zero-order valence-corrected chi connectivity index (χ0v) is 16.7. The molecule has 0 aromatic heterocycles. The number of amides is 2. The molecule has 2 atom stereocenters. The summed E-state index contributed by atoms with van der Waals surface area (Å²) in [5.41, 5.74) is 11.4. The Hall–Kier alpha value is -4.08. The number of hydrogen-bond acceptors (Lipinski definition) is 7. The van der Waals surface area contributed by atoms with E-state index in [1.54, 1.807) is 49.4 Å². The van der Waals surface area contributed by atoms with Gasteiger partial charge in [-0.2, -0.15) is 0 Å². The van der Waals surface area contributed by atoms with Crippen molar-refractivity contribution in [3.63, 3.8) is 0 Å². The third-order valence-corrected chi connectivity index (χ3v) is 4.73. The van der Waals surface area contributed by atoms with E-state index in [0.717, 1.165) is 0 Å². The standard InChI is InChI=1S/C21H21N5O5/c1-11(19(22)27)24-18-9-15(20(23)28)25-21(26-18)12-2-4-13(5-3-12)31-14-6-7-16-17(8-14)30-10-29-16/h2-8,11,15H,9-10H2,1H3,(H2,22,27)(H2,23,28)(H,24,25,26)/t11-,15?/m0/s1. The third-order valence-electron chi connectivity index (χ3n) is 4.73. The molecule has 2 heterocycles. The molecule has 2 aromatic rings. The van der Waals surface area contributed by atoms with Crippen LogP contribution in [0.15, 0.2) is 52.4 Å². The zero-order valence-electron chi connectivity index (χ0n) is 16.7. The van der Waals surface area contributed by atoms with Crippen LogP contribution < -0.4 is 31.0 Å². The van der Waals surface area contributed by atoms with E-state index in [-0.39, 0.29) is 13.2 Å². The summed E-state index contributed by atoms with van der Waals surface area (Å²) < 4.78 is 16.5. The third kappa shape index (κ3) is 4.58. The second-order valence-electron chi connectivity index (χ2n) is 7.02. The van der Waals surface area contributed by atoms with Crippen molar-refractivity contribution in [1.82, 2.24) is 5.32 Å². The van der Waals surface area contributed by atoms with Crippen molar-refractivity contribution in [1.29, 1.82) is 0 Å². The van der Waals surface area contributed by atoms with Crippen molar-refractivity contribution in [2.24, 2.45) is 21.5 Å². The smallest absolute Gasteiger partial charge is 0.242 e. The largest absolute Gasteiger partial charge is 0.457 e. The second kappa shape index (κ2) is 8.34. The van der Waals surface area contributed by atoms with Crippen molar-refractivity contribution in [3.8, 4) is 23.0 Å². The summed E-state index contributed by atoms with van der Waals surface area (Å²) >= 11 is 0. The second-order valence-corrected chi connectivity index (χ2v) is 7.02. The summed E-state index contributed by atoms with van der Waals surface area (Å²) in [6, 6.07) is 10.9. The molecule has 10 heteroatoms. The van der Waals surface area contributed by atoms with E-state index in [0.29, 0.717) is 40.2 Å². The minimum atomic E-state index is -0.792. The summed E-state index contributed by atoms with van der Waals surface area (Å²) in [4.78, 5) is 31.7. The summed E-state index contributed by atoms with van der Waals surface area (Å²) in [5, 5.41) is 3.05. The number of carbonyl (C=O) groups is 2. The molecule has 0 spiro atoms. The van der Waals surface area contributed by atoms with Crippen molar-refractivity contribution in [2.45, 2.75) is 25.4 Å². The molecule has 0 saturated carbocycles. The first-order valence-electron chi connectivity index (χ1n) is 9.57. The molecule has 0 aliphatic carbocycles. The number of hydrogen-bond donors (Lipinski definition) is 3. The number of nitrogens with zero attached hydrogens (tertiary/aromatic N) is 2. The minimum absolute atomic E-state index is 0.168. The Morgan fingerprint density at radius 3 is 2.55 bits per heavy atom. The topological polar surface area (TPSA) is 151 Å². The molecular formula is C21H21N5O5. The van der Waals surface area contributed by atoms with E-state index in [1.165, 1.54) is 0 Å². The van der Waals surface area contributed by atoms with Crippen LogP contribution in [0.3, 0.4) is 0 Å². The fourth-order valence-corrected chi connectivity index (χ4v) is 3.06. The molecular weight excluding hydrogens is 402 g/mol. The average molecular weight is 423 g/mol. The molecule has 5 N–H and O–H groups in total. The number of carbonyl (C=O) groups excluding carboxylic acids is 2. The highest BCUT2D eigenvalue weighted by Crippen LogP contribution is 2.36. The Balaban J connectivity index is 1.52. The van der Waals surface area contributed by atoms with Gasteiger partial charge < -0.3 is 31.0 Å². The molecule has 2 aliphatic rings. The molecule has 1 unspecified atom stereocenters. The summed E-state index contributed by atoms with van der Waals surface area (Å²) in [6.07, 6.45) is 0.168. The van der Waals surface area contributed by atoms with Crippen LogP contribution in [0, 0.1) is 0 Å². The summed E-state index contributed by atoms with van der Waals surface area (Å²) in [7, 11) is 0. The summed E-state index contributed by atoms with van der Waals surface area (Å²) in [5.74, 6) is 2.19. The van der Waals surface area contributed by atoms with Crippen LogP contribution in [0.1, 0.15) is 18.9 Å². The number of ether oxygens (including phenoxy) is 3. The molecule has 2 aliphatic heterocycles. The quantitative estimate of drug-likeness (QED) is 0.632. The molecule has 2 amide bonds. The van der Waals surface area contributed by atoms with Crippen molar-refractivity contribution >= 4 is 23.5 Å². The number of benzene rings is 2. The first-order chi connectivity index (χ1) is 14.9.